The van der Waals surface area contributed by atoms with Gasteiger partial charge >= 0.3 is 11.9 Å². The minimum Gasteiger partial charge on any atom is -0.481 e. The van der Waals surface area contributed by atoms with Gasteiger partial charge in [0.25, 0.3) is 0 Å². The Bertz CT molecular complexity index is 898. The van der Waals surface area contributed by atoms with E-state index in [1.54, 1.807) is 0 Å². The highest BCUT2D eigenvalue weighted by Crippen LogP contribution is 2.18. The highest BCUT2D eigenvalue weighted by Gasteiger charge is 2.03. The summed E-state index contributed by atoms with van der Waals surface area (Å²) in [5.41, 5.74) is 0. The quantitative estimate of drug-likeness (QED) is 0.0375. The summed E-state index contributed by atoms with van der Waals surface area (Å²) in [5.74, 6) is -0.626. The number of rotatable bonds is 56. The standard InChI is InChI=1S/C59H114O4/c1-2-3-4-5-6-7-8-9-10-11-12-25-29-32-35-38-41-44-47-50-53-56-59(62)63-57-54-51-48-45-42-39-36-33-30-27-24-22-20-18-16-14-13-15-17-19-21-23-26-28-31-34-37-40-43-46-49-52-55-58(60)61/h9-10H,2-8,11-57H2,1H3,(H,60,61). The molecule has 0 saturated carbocycles. The SMILES string of the molecule is CCCCCCCCC=CCCCCCCCCCCCCCC(=O)OCCCCCCCCCCCCCCCCCCCCCCCCCCCCCCCCCCC(=O)O. The Morgan fingerprint density at radius 2 is 0.524 bits per heavy atom. The zero-order valence-corrected chi connectivity index (χ0v) is 43.0. The fourth-order valence-electron chi connectivity index (χ4n) is 9.34. The molecule has 0 aromatic carbocycles. The van der Waals surface area contributed by atoms with Crippen molar-refractivity contribution in [3.63, 3.8) is 0 Å². The molecule has 0 aliphatic heterocycles. The maximum atomic E-state index is 12.1. The van der Waals surface area contributed by atoms with Crippen LogP contribution in [-0.2, 0) is 14.3 Å². The van der Waals surface area contributed by atoms with Crippen molar-refractivity contribution < 1.29 is 19.4 Å². The summed E-state index contributed by atoms with van der Waals surface area (Å²) in [7, 11) is 0. The van der Waals surface area contributed by atoms with Crippen molar-refractivity contribution in [2.24, 2.45) is 0 Å². The summed E-state index contributed by atoms with van der Waals surface area (Å²) >= 11 is 0. The highest BCUT2D eigenvalue weighted by molar-refractivity contribution is 5.69. The van der Waals surface area contributed by atoms with Crippen molar-refractivity contribution in [3.8, 4) is 0 Å². The van der Waals surface area contributed by atoms with E-state index in [0.29, 0.717) is 19.4 Å². The third kappa shape index (κ3) is 58.7. The van der Waals surface area contributed by atoms with E-state index in [1.807, 2.05) is 0 Å². The van der Waals surface area contributed by atoms with Crippen LogP contribution in [0.3, 0.4) is 0 Å². The van der Waals surface area contributed by atoms with Gasteiger partial charge in [-0.3, -0.25) is 9.59 Å². The zero-order chi connectivity index (χ0) is 45.5. The Kier molecular flexibility index (Phi) is 55.6. The zero-order valence-electron chi connectivity index (χ0n) is 43.0. The van der Waals surface area contributed by atoms with Crippen LogP contribution < -0.4 is 0 Å². The second-order valence-corrected chi connectivity index (χ2v) is 20.1. The van der Waals surface area contributed by atoms with Gasteiger partial charge in [-0.25, -0.2) is 0 Å². The summed E-state index contributed by atoms with van der Waals surface area (Å²) < 4.78 is 5.51. The van der Waals surface area contributed by atoms with Crippen LogP contribution in [0.1, 0.15) is 347 Å². The van der Waals surface area contributed by atoms with E-state index in [1.165, 1.54) is 302 Å². The summed E-state index contributed by atoms with van der Waals surface area (Å²) in [6.07, 6.45) is 74.7. The van der Waals surface area contributed by atoms with Crippen LogP contribution in [0.25, 0.3) is 0 Å². The van der Waals surface area contributed by atoms with Crippen molar-refractivity contribution >= 4 is 11.9 Å². The molecular formula is C59H114O4. The normalized spacial score (nSPS) is 11.6. The molecule has 0 radical (unpaired) electrons. The van der Waals surface area contributed by atoms with E-state index in [9.17, 15) is 9.59 Å². The topological polar surface area (TPSA) is 63.6 Å². The average Bonchev–Trinajstić information content (AvgIpc) is 3.28. The van der Waals surface area contributed by atoms with E-state index in [0.717, 1.165) is 25.7 Å². The molecule has 0 fully saturated rings. The number of carbonyl (C=O) groups excluding carboxylic acids is 1. The smallest absolute Gasteiger partial charge is 0.305 e. The van der Waals surface area contributed by atoms with Gasteiger partial charge < -0.3 is 9.84 Å². The largest absolute Gasteiger partial charge is 0.481 e. The monoisotopic (exact) mass is 887 g/mol. The number of ether oxygens (including phenoxy) is 1. The van der Waals surface area contributed by atoms with Gasteiger partial charge in [-0.2, -0.15) is 0 Å². The third-order valence-corrected chi connectivity index (χ3v) is 13.7. The molecule has 4 nitrogen and oxygen atoms in total. The summed E-state index contributed by atoms with van der Waals surface area (Å²) in [6, 6.07) is 0. The molecule has 374 valence electrons. The summed E-state index contributed by atoms with van der Waals surface area (Å²) in [4.78, 5) is 22.6. The molecule has 0 amide bonds. The van der Waals surface area contributed by atoms with Gasteiger partial charge in [0.2, 0.25) is 0 Å². The number of aliphatic carboxylic acids is 1. The number of esters is 1. The molecule has 4 heteroatoms. The first kappa shape index (κ1) is 61.7. The number of hydrogen-bond donors (Lipinski definition) is 1. The van der Waals surface area contributed by atoms with E-state index in [4.69, 9.17) is 9.84 Å². The Balaban J connectivity index is 3.15. The first-order chi connectivity index (χ1) is 31.2. The number of unbranched alkanes of at least 4 members (excludes halogenated alkanes) is 48. The number of carboxylic acids is 1. The van der Waals surface area contributed by atoms with Gasteiger partial charge in [-0.1, -0.05) is 302 Å². The molecule has 0 aliphatic carbocycles. The lowest BCUT2D eigenvalue weighted by molar-refractivity contribution is -0.144. The van der Waals surface area contributed by atoms with Gasteiger partial charge in [-0.05, 0) is 44.9 Å². The first-order valence-electron chi connectivity index (χ1n) is 29.2. The Hall–Kier alpha value is -1.32. The van der Waals surface area contributed by atoms with Gasteiger partial charge in [-0.15, -0.1) is 0 Å². The fraction of sp³-hybridized carbons (Fsp3) is 0.932. The maximum absolute atomic E-state index is 12.1. The molecule has 0 rings (SSSR count). The number of hydrogen-bond acceptors (Lipinski definition) is 3. The maximum Gasteiger partial charge on any atom is 0.305 e. The van der Waals surface area contributed by atoms with E-state index in [2.05, 4.69) is 19.1 Å². The molecule has 0 atom stereocenters. The van der Waals surface area contributed by atoms with Gasteiger partial charge in [0.15, 0.2) is 0 Å². The predicted octanol–water partition coefficient (Wildman–Crippen LogP) is 20.9. The van der Waals surface area contributed by atoms with E-state index >= 15 is 0 Å². The molecule has 0 bridgehead atoms. The van der Waals surface area contributed by atoms with Crippen LogP contribution >= 0.6 is 0 Å². The van der Waals surface area contributed by atoms with Gasteiger partial charge in [0.05, 0.1) is 6.61 Å². The summed E-state index contributed by atoms with van der Waals surface area (Å²) in [5, 5.41) is 8.67. The minimum atomic E-state index is -0.651. The van der Waals surface area contributed by atoms with Crippen molar-refractivity contribution in [1.82, 2.24) is 0 Å². The Morgan fingerprint density at radius 1 is 0.302 bits per heavy atom. The van der Waals surface area contributed by atoms with E-state index in [-0.39, 0.29) is 5.97 Å². The summed E-state index contributed by atoms with van der Waals surface area (Å²) in [6.45, 7) is 2.91. The average molecular weight is 888 g/mol. The molecule has 63 heavy (non-hydrogen) atoms. The molecule has 0 heterocycles. The molecule has 1 N–H and O–H groups in total. The molecular weight excluding hydrogens is 773 g/mol. The lowest BCUT2D eigenvalue weighted by Gasteiger charge is -2.06. The third-order valence-electron chi connectivity index (χ3n) is 13.7. The van der Waals surface area contributed by atoms with Crippen LogP contribution in [0.15, 0.2) is 12.2 Å². The Labute approximate surface area is 395 Å². The lowest BCUT2D eigenvalue weighted by Crippen LogP contribution is -2.05. The highest BCUT2D eigenvalue weighted by atomic mass is 16.5. The second kappa shape index (κ2) is 56.8. The lowest BCUT2D eigenvalue weighted by atomic mass is 10.0. The first-order valence-corrected chi connectivity index (χ1v) is 29.2. The number of carboxylic acid groups (broad SMARTS) is 1. The number of carbonyl (C=O) groups is 2. The minimum absolute atomic E-state index is 0.0252. The van der Waals surface area contributed by atoms with E-state index < -0.39 is 5.97 Å². The van der Waals surface area contributed by atoms with Crippen LogP contribution in [0.5, 0.6) is 0 Å². The second-order valence-electron chi connectivity index (χ2n) is 20.1. The van der Waals surface area contributed by atoms with Gasteiger partial charge in [0.1, 0.15) is 0 Å². The van der Waals surface area contributed by atoms with Gasteiger partial charge in [0, 0.05) is 12.8 Å². The molecule has 0 spiro atoms. The molecule has 0 saturated heterocycles. The van der Waals surface area contributed by atoms with Crippen LogP contribution in [0.4, 0.5) is 0 Å². The molecule has 0 aliphatic rings. The predicted molar refractivity (Wildman–Crippen MR) is 278 cm³/mol. The van der Waals surface area contributed by atoms with Crippen LogP contribution in [0.2, 0.25) is 0 Å². The van der Waals surface area contributed by atoms with Crippen LogP contribution in [-0.4, -0.2) is 23.7 Å². The molecule has 0 aromatic rings. The fourth-order valence-corrected chi connectivity index (χ4v) is 9.34. The van der Waals surface area contributed by atoms with Crippen molar-refractivity contribution in [2.75, 3.05) is 6.61 Å². The van der Waals surface area contributed by atoms with Crippen molar-refractivity contribution in [2.45, 2.75) is 347 Å². The van der Waals surface area contributed by atoms with Crippen molar-refractivity contribution in [1.29, 1.82) is 0 Å². The number of allylic oxidation sites excluding steroid dienone is 2. The Morgan fingerprint density at radius 3 is 0.794 bits per heavy atom. The molecule has 0 aromatic heterocycles. The van der Waals surface area contributed by atoms with Crippen molar-refractivity contribution in [3.05, 3.63) is 12.2 Å². The molecule has 0 unspecified atom stereocenters. The van der Waals surface area contributed by atoms with Crippen LogP contribution in [0, 0.1) is 0 Å².